The van der Waals surface area contributed by atoms with Crippen molar-refractivity contribution in [1.29, 1.82) is 0 Å². The second-order valence-corrected chi connectivity index (χ2v) is 7.08. The minimum atomic E-state index is 0.152. The molecule has 0 aliphatic carbocycles. The van der Waals surface area contributed by atoms with Crippen LogP contribution in [-0.2, 0) is 0 Å². The summed E-state index contributed by atoms with van der Waals surface area (Å²) in [7, 11) is 1.59. The van der Waals surface area contributed by atoms with E-state index in [-0.39, 0.29) is 9.49 Å². The highest BCUT2D eigenvalue weighted by Gasteiger charge is 2.28. The van der Waals surface area contributed by atoms with Gasteiger partial charge in [0.2, 0.25) is 0 Å². The summed E-state index contributed by atoms with van der Waals surface area (Å²) in [5.74, 6) is 0. The van der Waals surface area contributed by atoms with Gasteiger partial charge in [-0.25, -0.2) is 0 Å². The van der Waals surface area contributed by atoms with Crippen LogP contribution in [0.15, 0.2) is 0 Å². The largest absolute Gasteiger partial charge is 0.277 e. The Labute approximate surface area is 83.2 Å². The molecule has 4 heteroatoms. The maximum atomic E-state index is 5.55. The first-order valence-electron chi connectivity index (χ1n) is 3.53. The molecule has 0 heterocycles. The molecule has 0 spiro atoms. The third kappa shape index (κ3) is 5.28. The summed E-state index contributed by atoms with van der Waals surface area (Å²) >= 11 is 5.64. The van der Waals surface area contributed by atoms with Gasteiger partial charge >= 0.3 is 0 Å². The highest BCUT2D eigenvalue weighted by Crippen LogP contribution is 2.38. The second kappa shape index (κ2) is 4.30. The summed E-state index contributed by atoms with van der Waals surface area (Å²) < 4.78 is 0.359. The normalized spacial score (nSPS) is 13.6. The molecular weight excluding hydrogens is 194 g/mol. The standard InChI is InChI=1S/C7H17NS3/c1-6(2,10-8)5-7(3,4)11-9/h9H,5,8H2,1-4H3. The second-order valence-electron chi connectivity index (χ2n) is 3.91. The van der Waals surface area contributed by atoms with Gasteiger partial charge in [0.1, 0.15) is 0 Å². The topological polar surface area (TPSA) is 26.0 Å². The molecule has 0 atom stereocenters. The highest BCUT2D eigenvalue weighted by atomic mass is 33.1. The summed E-state index contributed by atoms with van der Waals surface area (Å²) in [5.41, 5.74) is 0. The Hall–Kier alpha value is 1.01. The molecule has 0 amide bonds. The van der Waals surface area contributed by atoms with E-state index < -0.39 is 0 Å². The van der Waals surface area contributed by atoms with E-state index in [1.54, 1.807) is 10.8 Å². The lowest BCUT2D eigenvalue weighted by molar-refractivity contribution is 0.543. The van der Waals surface area contributed by atoms with E-state index in [4.69, 9.17) is 5.14 Å². The van der Waals surface area contributed by atoms with E-state index in [0.29, 0.717) is 0 Å². The van der Waals surface area contributed by atoms with Crippen LogP contribution in [0.2, 0.25) is 0 Å². The van der Waals surface area contributed by atoms with E-state index >= 15 is 0 Å². The minimum Gasteiger partial charge on any atom is -0.277 e. The van der Waals surface area contributed by atoms with Crippen molar-refractivity contribution in [3.63, 3.8) is 0 Å². The van der Waals surface area contributed by atoms with Crippen molar-refractivity contribution in [2.45, 2.75) is 43.6 Å². The van der Waals surface area contributed by atoms with Gasteiger partial charge in [0.15, 0.2) is 0 Å². The van der Waals surface area contributed by atoms with Gasteiger partial charge in [-0.15, -0.1) is 11.7 Å². The Bertz CT molecular complexity index is 109. The Morgan fingerprint density at radius 3 is 1.91 bits per heavy atom. The van der Waals surface area contributed by atoms with Crippen molar-refractivity contribution in [2.24, 2.45) is 5.14 Å². The molecule has 0 aromatic rings. The molecule has 0 fully saturated rings. The van der Waals surface area contributed by atoms with Crippen molar-refractivity contribution in [1.82, 2.24) is 0 Å². The van der Waals surface area contributed by atoms with Gasteiger partial charge in [-0.3, -0.25) is 5.14 Å². The number of nitrogens with two attached hydrogens (primary N) is 1. The third-order valence-corrected chi connectivity index (χ3v) is 4.32. The quantitative estimate of drug-likeness (QED) is 0.425. The number of thiol groups is 1. The molecule has 0 unspecified atom stereocenters. The first kappa shape index (κ1) is 12.0. The molecule has 0 saturated carbocycles. The van der Waals surface area contributed by atoms with Gasteiger partial charge < -0.3 is 0 Å². The highest BCUT2D eigenvalue weighted by molar-refractivity contribution is 8.69. The molecule has 2 N–H and O–H groups in total. The van der Waals surface area contributed by atoms with Gasteiger partial charge in [-0.2, -0.15) is 0 Å². The maximum absolute atomic E-state index is 5.55. The zero-order valence-corrected chi connectivity index (χ0v) is 10.1. The summed E-state index contributed by atoms with van der Waals surface area (Å²) in [6.45, 7) is 8.68. The summed E-state index contributed by atoms with van der Waals surface area (Å²) in [6, 6.07) is 0. The average molecular weight is 211 g/mol. The Balaban J connectivity index is 4.02. The molecule has 1 nitrogen and oxygen atoms in total. The molecular formula is C7H17NS3. The van der Waals surface area contributed by atoms with E-state index in [9.17, 15) is 0 Å². The molecule has 0 radical (unpaired) electrons. The summed E-state index contributed by atoms with van der Waals surface area (Å²) in [4.78, 5) is 0. The lowest BCUT2D eigenvalue weighted by Gasteiger charge is -2.31. The molecule has 0 bridgehead atoms. The van der Waals surface area contributed by atoms with Crippen molar-refractivity contribution >= 4 is 34.4 Å². The van der Waals surface area contributed by atoms with Crippen LogP contribution < -0.4 is 5.14 Å². The summed E-state index contributed by atoms with van der Waals surface area (Å²) in [6.07, 6.45) is 1.06. The van der Waals surface area contributed by atoms with Crippen LogP contribution in [0.3, 0.4) is 0 Å². The fraction of sp³-hybridized carbons (Fsp3) is 1.00. The number of hydrogen-bond acceptors (Lipinski definition) is 4. The van der Waals surface area contributed by atoms with Crippen LogP contribution in [0, 0.1) is 0 Å². The van der Waals surface area contributed by atoms with Gasteiger partial charge in [0, 0.05) is 9.49 Å². The van der Waals surface area contributed by atoms with Crippen LogP contribution in [0.4, 0.5) is 0 Å². The number of rotatable bonds is 4. The third-order valence-electron chi connectivity index (χ3n) is 1.42. The van der Waals surface area contributed by atoms with E-state index in [1.807, 2.05) is 0 Å². The average Bonchev–Trinajstić information content (AvgIpc) is 1.86. The Morgan fingerprint density at radius 1 is 1.18 bits per heavy atom. The molecule has 0 aliphatic heterocycles. The van der Waals surface area contributed by atoms with Gasteiger partial charge in [0.05, 0.1) is 0 Å². The Morgan fingerprint density at radius 2 is 1.64 bits per heavy atom. The van der Waals surface area contributed by atoms with Crippen molar-refractivity contribution in [2.75, 3.05) is 0 Å². The zero-order valence-electron chi connectivity index (χ0n) is 7.55. The molecule has 68 valence electrons. The van der Waals surface area contributed by atoms with Crippen molar-refractivity contribution < 1.29 is 0 Å². The van der Waals surface area contributed by atoms with Crippen LogP contribution in [-0.4, -0.2) is 9.49 Å². The first-order chi connectivity index (χ1) is 4.83. The molecule has 0 aromatic heterocycles. The van der Waals surface area contributed by atoms with Gasteiger partial charge in [-0.05, 0) is 34.1 Å². The fourth-order valence-electron chi connectivity index (χ4n) is 1.10. The molecule has 0 saturated heterocycles. The van der Waals surface area contributed by atoms with E-state index in [0.717, 1.165) is 6.42 Å². The van der Waals surface area contributed by atoms with Gasteiger partial charge in [-0.1, -0.05) is 22.7 Å². The lowest BCUT2D eigenvalue weighted by Crippen LogP contribution is -2.28. The SMILES string of the molecule is CC(C)(CC(C)(C)SS)SN. The number of hydrogen-bond donors (Lipinski definition) is 2. The predicted molar refractivity (Wildman–Crippen MR) is 61.1 cm³/mol. The lowest BCUT2D eigenvalue weighted by atomic mass is 9.99. The zero-order chi connectivity index (χ0) is 9.12. The maximum Gasteiger partial charge on any atom is 0.0259 e. The van der Waals surface area contributed by atoms with Crippen LogP contribution in [0.25, 0.3) is 0 Å². The van der Waals surface area contributed by atoms with Crippen molar-refractivity contribution in [3.8, 4) is 0 Å². The van der Waals surface area contributed by atoms with E-state index in [2.05, 4.69) is 39.4 Å². The van der Waals surface area contributed by atoms with Crippen molar-refractivity contribution in [3.05, 3.63) is 0 Å². The molecule has 0 aliphatic rings. The van der Waals surface area contributed by atoms with Gasteiger partial charge in [0.25, 0.3) is 0 Å². The fourth-order valence-corrected chi connectivity index (χ4v) is 2.25. The first-order valence-corrected chi connectivity index (χ1v) is 6.28. The monoisotopic (exact) mass is 211 g/mol. The molecule has 0 aromatic carbocycles. The Kier molecular flexibility index (Phi) is 4.70. The molecule has 0 rings (SSSR count). The molecule has 11 heavy (non-hydrogen) atoms. The summed E-state index contributed by atoms with van der Waals surface area (Å²) in [5, 5.41) is 5.55. The predicted octanol–water partition coefficient (Wildman–Crippen LogP) is 3.12. The van der Waals surface area contributed by atoms with E-state index in [1.165, 1.54) is 11.9 Å². The van der Waals surface area contributed by atoms with Crippen LogP contribution in [0.5, 0.6) is 0 Å². The van der Waals surface area contributed by atoms with Crippen LogP contribution >= 0.6 is 34.4 Å². The van der Waals surface area contributed by atoms with Crippen LogP contribution in [0.1, 0.15) is 34.1 Å². The smallest absolute Gasteiger partial charge is 0.0259 e. The minimum absolute atomic E-state index is 0.152.